The van der Waals surface area contributed by atoms with Crippen molar-refractivity contribution < 1.29 is 13.6 Å². The van der Waals surface area contributed by atoms with E-state index in [9.17, 15) is 13.6 Å². The van der Waals surface area contributed by atoms with Crippen molar-refractivity contribution >= 4 is 28.2 Å². The van der Waals surface area contributed by atoms with E-state index in [1.165, 1.54) is 24.8 Å². The Balaban J connectivity index is 1.65. The van der Waals surface area contributed by atoms with Crippen LogP contribution in [0.3, 0.4) is 0 Å². The molecule has 1 aromatic heterocycles. The summed E-state index contributed by atoms with van der Waals surface area (Å²) in [6.45, 7) is 1.67. The zero-order valence-electron chi connectivity index (χ0n) is 15.2. The van der Waals surface area contributed by atoms with Crippen LogP contribution in [0, 0.1) is 11.6 Å². The zero-order valence-corrected chi connectivity index (χ0v) is 15.2. The van der Waals surface area contributed by atoms with Crippen LogP contribution in [-0.2, 0) is 0 Å². The molecule has 3 aromatic rings. The number of pyridine rings is 1. The summed E-state index contributed by atoms with van der Waals surface area (Å²) in [6, 6.07) is 10.5. The molecule has 144 valence electrons. The number of rotatable bonds is 4. The minimum Gasteiger partial charge on any atom is -0.340 e. The summed E-state index contributed by atoms with van der Waals surface area (Å²) in [6.07, 6.45) is 4.79. The van der Waals surface area contributed by atoms with Crippen molar-refractivity contribution in [3.05, 3.63) is 65.9 Å². The monoisotopic (exact) mass is 382 g/mol. The van der Waals surface area contributed by atoms with Crippen LogP contribution in [0.2, 0.25) is 0 Å². The number of carbonyl (C=O) groups is 1. The number of piperidine rings is 1. The van der Waals surface area contributed by atoms with Gasteiger partial charge in [-0.2, -0.15) is 0 Å². The van der Waals surface area contributed by atoms with Gasteiger partial charge in [0.15, 0.2) is 0 Å². The van der Waals surface area contributed by atoms with Gasteiger partial charge in [0.05, 0.1) is 5.56 Å². The number of nitrogens with zero attached hydrogens (tertiary/aromatic N) is 2. The van der Waals surface area contributed by atoms with E-state index in [1.807, 2.05) is 29.3 Å². The maximum absolute atomic E-state index is 13.5. The molecule has 0 spiro atoms. The number of carbonyl (C=O) groups excluding carboxylic acids is 1. The number of aromatic nitrogens is 1. The van der Waals surface area contributed by atoms with Crippen LogP contribution in [-0.4, -0.2) is 29.0 Å². The first-order chi connectivity index (χ1) is 13.6. The molecule has 1 saturated heterocycles. The molecule has 4 rings (SSSR count). The molecule has 5 nitrogen and oxygen atoms in total. The number of fused-ring (bicyclic) bond motifs is 1. The summed E-state index contributed by atoms with van der Waals surface area (Å²) in [5, 5.41) is 6.28. The first-order valence-corrected chi connectivity index (χ1v) is 9.27. The maximum Gasteiger partial charge on any atom is 0.267 e. The Morgan fingerprint density at radius 2 is 1.64 bits per heavy atom. The van der Waals surface area contributed by atoms with E-state index in [1.54, 1.807) is 0 Å². The highest BCUT2D eigenvalue weighted by atomic mass is 19.1. The molecule has 28 heavy (non-hydrogen) atoms. The van der Waals surface area contributed by atoms with Gasteiger partial charge >= 0.3 is 0 Å². The molecule has 0 unspecified atom stereocenters. The molecule has 2 N–H and O–H groups in total. The number of hydrazine groups is 1. The van der Waals surface area contributed by atoms with Crippen molar-refractivity contribution in [3.63, 3.8) is 0 Å². The number of hydrogen-bond acceptors (Lipinski definition) is 4. The average molecular weight is 382 g/mol. The topological polar surface area (TPSA) is 57.3 Å². The SMILES string of the molecule is O=C(NN1CCCCC1)c1cnc(Nc2cc(F)cc(F)c2)c2ccccc12. The molecule has 2 heterocycles. The first-order valence-electron chi connectivity index (χ1n) is 9.27. The van der Waals surface area contributed by atoms with Gasteiger partial charge in [0, 0.05) is 36.4 Å². The Bertz CT molecular complexity index is 998. The van der Waals surface area contributed by atoms with Gasteiger partial charge in [-0.3, -0.25) is 10.2 Å². The van der Waals surface area contributed by atoms with Gasteiger partial charge < -0.3 is 5.32 Å². The van der Waals surface area contributed by atoms with Gasteiger partial charge in [-0.25, -0.2) is 18.8 Å². The number of halogens is 2. The van der Waals surface area contributed by atoms with Crippen molar-refractivity contribution in [3.8, 4) is 0 Å². The van der Waals surface area contributed by atoms with Crippen LogP contribution >= 0.6 is 0 Å². The normalized spacial score (nSPS) is 14.8. The van der Waals surface area contributed by atoms with Gasteiger partial charge in [0.2, 0.25) is 0 Å². The lowest BCUT2D eigenvalue weighted by Gasteiger charge is -2.27. The second-order valence-corrected chi connectivity index (χ2v) is 6.84. The molecule has 7 heteroatoms. The fraction of sp³-hybridized carbons (Fsp3) is 0.238. The predicted octanol–water partition coefficient (Wildman–Crippen LogP) is 4.39. The molecule has 1 amide bonds. The van der Waals surface area contributed by atoms with E-state index in [4.69, 9.17) is 0 Å². The molecule has 0 aliphatic carbocycles. The van der Waals surface area contributed by atoms with E-state index >= 15 is 0 Å². The Labute approximate surface area is 161 Å². The van der Waals surface area contributed by atoms with E-state index in [2.05, 4.69) is 15.7 Å². The maximum atomic E-state index is 13.5. The van der Waals surface area contributed by atoms with Crippen LogP contribution in [0.15, 0.2) is 48.7 Å². The fourth-order valence-corrected chi connectivity index (χ4v) is 3.45. The number of hydrogen-bond donors (Lipinski definition) is 2. The highest BCUT2D eigenvalue weighted by molar-refractivity contribution is 6.09. The smallest absolute Gasteiger partial charge is 0.267 e. The van der Waals surface area contributed by atoms with Crippen LogP contribution in [0.1, 0.15) is 29.6 Å². The molecule has 1 aliphatic heterocycles. The molecule has 1 aliphatic rings. The van der Waals surface area contributed by atoms with E-state index in [0.29, 0.717) is 22.2 Å². The molecule has 0 saturated carbocycles. The molecule has 0 bridgehead atoms. The lowest BCUT2D eigenvalue weighted by molar-refractivity contribution is 0.0751. The lowest BCUT2D eigenvalue weighted by Crippen LogP contribution is -2.45. The van der Waals surface area contributed by atoms with Crippen molar-refractivity contribution in [2.75, 3.05) is 18.4 Å². The molecule has 1 fully saturated rings. The zero-order chi connectivity index (χ0) is 19.5. The van der Waals surface area contributed by atoms with Gasteiger partial charge in [0.25, 0.3) is 5.91 Å². The molecular weight excluding hydrogens is 362 g/mol. The highest BCUT2D eigenvalue weighted by Gasteiger charge is 2.18. The summed E-state index contributed by atoms with van der Waals surface area (Å²) >= 11 is 0. The summed E-state index contributed by atoms with van der Waals surface area (Å²) in [5.74, 6) is -1.14. The molecule has 0 atom stereocenters. The predicted molar refractivity (Wildman–Crippen MR) is 104 cm³/mol. The third-order valence-corrected chi connectivity index (χ3v) is 4.78. The molecule has 0 radical (unpaired) electrons. The second-order valence-electron chi connectivity index (χ2n) is 6.84. The fourth-order valence-electron chi connectivity index (χ4n) is 3.45. The molecular formula is C21H20F2N4O. The number of amides is 1. The second kappa shape index (κ2) is 7.90. The quantitative estimate of drug-likeness (QED) is 0.703. The van der Waals surface area contributed by atoms with Crippen molar-refractivity contribution in [2.24, 2.45) is 0 Å². The lowest BCUT2D eigenvalue weighted by atomic mass is 10.1. The Kier molecular flexibility index (Phi) is 5.16. The minimum atomic E-state index is -0.677. The number of anilines is 2. The number of nitrogens with one attached hydrogen (secondary N) is 2. The summed E-state index contributed by atoms with van der Waals surface area (Å²) in [4.78, 5) is 17.1. The van der Waals surface area contributed by atoms with Gasteiger partial charge in [0.1, 0.15) is 17.5 Å². The highest BCUT2D eigenvalue weighted by Crippen LogP contribution is 2.27. The van der Waals surface area contributed by atoms with Crippen molar-refractivity contribution in [1.82, 2.24) is 15.4 Å². The van der Waals surface area contributed by atoms with Gasteiger partial charge in [-0.1, -0.05) is 30.7 Å². The van der Waals surface area contributed by atoms with Crippen LogP contribution < -0.4 is 10.7 Å². The van der Waals surface area contributed by atoms with E-state index in [0.717, 1.165) is 32.0 Å². The number of benzene rings is 2. The summed E-state index contributed by atoms with van der Waals surface area (Å²) in [7, 11) is 0. The standard InChI is InChI=1S/C21H20F2N4O/c22-14-10-15(23)12-16(11-14)25-20-18-7-3-2-6-17(18)19(13-24-20)21(28)26-27-8-4-1-5-9-27/h2-3,6-7,10-13H,1,4-5,8-9H2,(H,24,25)(H,26,28). The van der Waals surface area contributed by atoms with Gasteiger partial charge in [-0.05, 0) is 30.4 Å². The van der Waals surface area contributed by atoms with Crippen molar-refractivity contribution in [1.29, 1.82) is 0 Å². The van der Waals surface area contributed by atoms with E-state index in [-0.39, 0.29) is 11.6 Å². The minimum absolute atomic E-state index is 0.214. The Morgan fingerprint density at radius 3 is 2.36 bits per heavy atom. The average Bonchev–Trinajstić information content (AvgIpc) is 2.68. The first kappa shape index (κ1) is 18.3. The molecule has 2 aromatic carbocycles. The Morgan fingerprint density at radius 1 is 0.964 bits per heavy atom. The Hall–Kier alpha value is -3.06. The van der Waals surface area contributed by atoms with Gasteiger partial charge in [-0.15, -0.1) is 0 Å². The third-order valence-electron chi connectivity index (χ3n) is 4.78. The van der Waals surface area contributed by atoms with E-state index < -0.39 is 11.6 Å². The summed E-state index contributed by atoms with van der Waals surface area (Å²) in [5.41, 5.74) is 3.65. The van der Waals surface area contributed by atoms with Crippen LogP contribution in [0.25, 0.3) is 10.8 Å². The summed E-state index contributed by atoms with van der Waals surface area (Å²) < 4.78 is 27.0. The van der Waals surface area contributed by atoms with Crippen LogP contribution in [0.4, 0.5) is 20.3 Å². The third kappa shape index (κ3) is 3.94. The van der Waals surface area contributed by atoms with Crippen molar-refractivity contribution in [2.45, 2.75) is 19.3 Å². The largest absolute Gasteiger partial charge is 0.340 e. The van der Waals surface area contributed by atoms with Crippen LogP contribution in [0.5, 0.6) is 0 Å².